The molecule has 114 valence electrons. The summed E-state index contributed by atoms with van der Waals surface area (Å²) < 4.78 is 18.8. The average molecular weight is 293 g/mol. The molecule has 1 aliphatic carbocycles. The highest BCUT2D eigenvalue weighted by Crippen LogP contribution is 2.38. The number of benzene rings is 1. The first-order valence-corrected chi connectivity index (χ1v) is 7.38. The summed E-state index contributed by atoms with van der Waals surface area (Å²) >= 11 is 0. The number of aliphatic hydroxyl groups is 1. The van der Waals surface area contributed by atoms with Crippen LogP contribution in [-0.4, -0.2) is 29.8 Å². The average Bonchev–Trinajstić information content (AvgIpc) is 3.03. The quantitative estimate of drug-likeness (QED) is 0.893. The molecule has 1 fully saturated rings. The number of fused-ring (bicyclic) bond motifs is 1. The second-order valence-corrected chi connectivity index (χ2v) is 6.33. The summed E-state index contributed by atoms with van der Waals surface area (Å²) in [5, 5.41) is 12.5. The molecule has 5 heteroatoms. The van der Waals surface area contributed by atoms with Gasteiger partial charge in [-0.3, -0.25) is 4.79 Å². The summed E-state index contributed by atoms with van der Waals surface area (Å²) in [5.74, 6) is 0.0770. The lowest BCUT2D eigenvalue weighted by atomic mass is 9.85. The van der Waals surface area contributed by atoms with Gasteiger partial charge in [0.25, 0.3) is 5.91 Å². The van der Waals surface area contributed by atoms with E-state index in [-0.39, 0.29) is 29.8 Å². The van der Waals surface area contributed by atoms with Crippen molar-refractivity contribution in [1.29, 1.82) is 0 Å². The maximum Gasteiger partial charge on any atom is 0.261 e. The predicted molar refractivity (Wildman–Crippen MR) is 75.5 cm³/mol. The molecule has 1 aromatic rings. The standard InChI is InChI=1S/C16H20FNO3/c1-16(9-19)6-2-3-14(16)18-15(20)13-8-10-7-11(17)4-5-12(10)21-13/h4-5,7,13-14,19H,2-3,6,8-9H2,1H3,(H,18,20). The van der Waals surface area contributed by atoms with Crippen molar-refractivity contribution in [1.82, 2.24) is 5.32 Å². The minimum absolute atomic E-state index is 0.0287. The van der Waals surface area contributed by atoms with E-state index in [0.29, 0.717) is 12.2 Å². The van der Waals surface area contributed by atoms with E-state index in [1.54, 1.807) is 6.07 Å². The first kappa shape index (κ1) is 14.3. The Morgan fingerprint density at radius 2 is 2.38 bits per heavy atom. The van der Waals surface area contributed by atoms with Gasteiger partial charge in [0.1, 0.15) is 11.6 Å². The van der Waals surface area contributed by atoms with Crippen molar-refractivity contribution >= 4 is 5.91 Å². The fraction of sp³-hybridized carbons (Fsp3) is 0.562. The molecule has 3 unspecified atom stereocenters. The lowest BCUT2D eigenvalue weighted by Crippen LogP contribution is -2.49. The molecule has 0 saturated heterocycles. The molecule has 1 amide bonds. The first-order chi connectivity index (χ1) is 10.0. The maximum absolute atomic E-state index is 13.2. The SMILES string of the molecule is CC1(CO)CCCC1NC(=O)C1Cc2cc(F)ccc2O1. The largest absolute Gasteiger partial charge is 0.480 e. The summed E-state index contributed by atoms with van der Waals surface area (Å²) in [6.07, 6.45) is 2.56. The molecule has 0 bridgehead atoms. The Balaban J connectivity index is 1.65. The molecule has 1 aromatic carbocycles. The van der Waals surface area contributed by atoms with Gasteiger partial charge in [0, 0.05) is 23.4 Å². The van der Waals surface area contributed by atoms with E-state index in [2.05, 4.69) is 5.32 Å². The van der Waals surface area contributed by atoms with Gasteiger partial charge in [-0.2, -0.15) is 0 Å². The third kappa shape index (κ3) is 2.62. The van der Waals surface area contributed by atoms with E-state index in [0.717, 1.165) is 24.8 Å². The van der Waals surface area contributed by atoms with Crippen LogP contribution in [0.25, 0.3) is 0 Å². The molecule has 2 N–H and O–H groups in total. The van der Waals surface area contributed by atoms with Crippen LogP contribution in [0.3, 0.4) is 0 Å². The van der Waals surface area contributed by atoms with Crippen molar-refractivity contribution in [2.75, 3.05) is 6.61 Å². The van der Waals surface area contributed by atoms with Crippen molar-refractivity contribution in [2.24, 2.45) is 5.41 Å². The Bertz CT molecular complexity index is 562. The van der Waals surface area contributed by atoms with Gasteiger partial charge in [-0.15, -0.1) is 0 Å². The normalized spacial score (nSPS) is 30.8. The summed E-state index contributed by atoms with van der Waals surface area (Å²) in [6.45, 7) is 2.06. The molecular formula is C16H20FNO3. The molecule has 0 radical (unpaired) electrons. The van der Waals surface area contributed by atoms with Crippen LogP contribution in [0.1, 0.15) is 31.7 Å². The van der Waals surface area contributed by atoms with Gasteiger partial charge in [0.05, 0.1) is 6.61 Å². The molecule has 2 aliphatic rings. The monoisotopic (exact) mass is 293 g/mol. The lowest BCUT2D eigenvalue weighted by molar-refractivity contribution is -0.128. The zero-order valence-electron chi connectivity index (χ0n) is 12.1. The molecule has 21 heavy (non-hydrogen) atoms. The van der Waals surface area contributed by atoms with Crippen LogP contribution in [0.2, 0.25) is 0 Å². The summed E-state index contributed by atoms with van der Waals surface area (Å²) in [7, 11) is 0. The second kappa shape index (κ2) is 5.30. The second-order valence-electron chi connectivity index (χ2n) is 6.33. The smallest absolute Gasteiger partial charge is 0.261 e. The van der Waals surface area contributed by atoms with Crippen LogP contribution in [0.15, 0.2) is 18.2 Å². The number of carbonyl (C=O) groups excluding carboxylic acids is 1. The Labute approximate surface area is 123 Å². The molecular weight excluding hydrogens is 273 g/mol. The minimum atomic E-state index is -0.606. The Kier molecular flexibility index (Phi) is 3.61. The van der Waals surface area contributed by atoms with E-state index >= 15 is 0 Å². The topological polar surface area (TPSA) is 58.6 Å². The highest BCUT2D eigenvalue weighted by Gasteiger charge is 2.41. The molecule has 1 saturated carbocycles. The number of amides is 1. The molecule has 1 heterocycles. The number of hydrogen-bond donors (Lipinski definition) is 2. The fourth-order valence-electron chi connectivity index (χ4n) is 3.30. The highest BCUT2D eigenvalue weighted by atomic mass is 19.1. The summed E-state index contributed by atoms with van der Waals surface area (Å²) in [5.41, 5.74) is 0.472. The summed E-state index contributed by atoms with van der Waals surface area (Å²) in [6, 6.07) is 4.28. The molecule has 0 aromatic heterocycles. The Hall–Kier alpha value is -1.62. The van der Waals surface area contributed by atoms with E-state index in [9.17, 15) is 14.3 Å². The van der Waals surface area contributed by atoms with Gasteiger partial charge < -0.3 is 15.2 Å². The van der Waals surface area contributed by atoms with Crippen LogP contribution in [-0.2, 0) is 11.2 Å². The first-order valence-electron chi connectivity index (χ1n) is 7.38. The Morgan fingerprint density at radius 1 is 1.57 bits per heavy atom. The van der Waals surface area contributed by atoms with Gasteiger partial charge in [-0.25, -0.2) is 4.39 Å². The third-order valence-corrected chi connectivity index (χ3v) is 4.75. The number of aliphatic hydroxyl groups excluding tert-OH is 1. The molecule has 3 rings (SSSR count). The fourth-order valence-corrected chi connectivity index (χ4v) is 3.30. The number of ether oxygens (including phenoxy) is 1. The predicted octanol–water partition coefficient (Wildman–Crippen LogP) is 1.80. The number of nitrogens with one attached hydrogen (secondary N) is 1. The van der Waals surface area contributed by atoms with Crippen molar-refractivity contribution in [3.63, 3.8) is 0 Å². The minimum Gasteiger partial charge on any atom is -0.480 e. The number of carbonyl (C=O) groups is 1. The van der Waals surface area contributed by atoms with Crippen molar-refractivity contribution in [2.45, 2.75) is 44.8 Å². The lowest BCUT2D eigenvalue weighted by Gasteiger charge is -2.30. The van der Waals surface area contributed by atoms with Crippen LogP contribution < -0.4 is 10.1 Å². The number of halogens is 1. The van der Waals surface area contributed by atoms with E-state index in [4.69, 9.17) is 4.74 Å². The highest BCUT2D eigenvalue weighted by molar-refractivity contribution is 5.82. The van der Waals surface area contributed by atoms with Crippen LogP contribution in [0.4, 0.5) is 4.39 Å². The molecule has 4 nitrogen and oxygen atoms in total. The number of rotatable bonds is 3. The van der Waals surface area contributed by atoms with Crippen LogP contribution in [0, 0.1) is 11.2 Å². The number of hydrogen-bond acceptors (Lipinski definition) is 3. The van der Waals surface area contributed by atoms with E-state index < -0.39 is 6.10 Å². The van der Waals surface area contributed by atoms with Gasteiger partial charge in [-0.05, 0) is 31.0 Å². The van der Waals surface area contributed by atoms with E-state index in [1.807, 2.05) is 6.92 Å². The van der Waals surface area contributed by atoms with Crippen molar-refractivity contribution in [3.05, 3.63) is 29.6 Å². The molecule has 3 atom stereocenters. The van der Waals surface area contributed by atoms with Crippen molar-refractivity contribution in [3.8, 4) is 5.75 Å². The van der Waals surface area contributed by atoms with Gasteiger partial charge in [0.2, 0.25) is 0 Å². The van der Waals surface area contributed by atoms with Crippen LogP contribution >= 0.6 is 0 Å². The van der Waals surface area contributed by atoms with Gasteiger partial charge in [-0.1, -0.05) is 13.3 Å². The summed E-state index contributed by atoms with van der Waals surface area (Å²) in [4.78, 5) is 12.3. The van der Waals surface area contributed by atoms with E-state index in [1.165, 1.54) is 12.1 Å². The molecule has 0 spiro atoms. The van der Waals surface area contributed by atoms with Gasteiger partial charge >= 0.3 is 0 Å². The Morgan fingerprint density at radius 3 is 3.14 bits per heavy atom. The zero-order chi connectivity index (χ0) is 15.0. The van der Waals surface area contributed by atoms with Crippen LogP contribution in [0.5, 0.6) is 5.75 Å². The van der Waals surface area contributed by atoms with Crippen molar-refractivity contribution < 1.29 is 19.0 Å². The zero-order valence-corrected chi connectivity index (χ0v) is 12.1. The third-order valence-electron chi connectivity index (χ3n) is 4.75. The van der Waals surface area contributed by atoms with Gasteiger partial charge in [0.15, 0.2) is 6.10 Å². The molecule has 1 aliphatic heterocycles. The maximum atomic E-state index is 13.2.